The Bertz CT molecular complexity index is 770. The summed E-state index contributed by atoms with van der Waals surface area (Å²) in [6.45, 7) is 0.314. The van der Waals surface area contributed by atoms with Crippen LogP contribution in [0.5, 0.6) is 17.2 Å². The molecule has 0 heterocycles. The van der Waals surface area contributed by atoms with Gasteiger partial charge in [-0.05, 0) is 30.2 Å². The van der Waals surface area contributed by atoms with Crippen LogP contribution in [0.2, 0.25) is 15.1 Å². The maximum atomic E-state index is 12.3. The number of rotatable bonds is 6. The Hall–Kier alpha value is -1.82. The number of aromatic hydroxyl groups is 1. The molecule has 0 aliphatic carbocycles. The van der Waals surface area contributed by atoms with E-state index in [1.165, 1.54) is 6.07 Å². The van der Waals surface area contributed by atoms with Crippen molar-refractivity contribution in [1.82, 2.24) is 5.32 Å². The van der Waals surface area contributed by atoms with Crippen LogP contribution in [0, 0.1) is 0 Å². The molecule has 134 valence electrons. The highest BCUT2D eigenvalue weighted by molar-refractivity contribution is 6.45. The van der Waals surface area contributed by atoms with Gasteiger partial charge in [-0.25, -0.2) is 0 Å². The first-order chi connectivity index (χ1) is 11.9. The van der Waals surface area contributed by atoms with Crippen molar-refractivity contribution in [2.45, 2.75) is 6.42 Å². The zero-order valence-electron chi connectivity index (χ0n) is 13.5. The number of halogens is 3. The molecule has 0 aliphatic rings. The summed E-state index contributed by atoms with van der Waals surface area (Å²) in [6.07, 6.45) is 0.540. The van der Waals surface area contributed by atoms with E-state index in [0.717, 1.165) is 5.56 Å². The van der Waals surface area contributed by atoms with Crippen molar-refractivity contribution in [3.63, 3.8) is 0 Å². The van der Waals surface area contributed by atoms with Gasteiger partial charge in [0.15, 0.2) is 11.5 Å². The van der Waals surface area contributed by atoms with Gasteiger partial charge in [0.1, 0.15) is 11.3 Å². The Kier molecular flexibility index (Phi) is 6.64. The average Bonchev–Trinajstić information content (AvgIpc) is 2.60. The average molecular weight is 405 g/mol. The molecular formula is C17H16Cl3NO4. The van der Waals surface area contributed by atoms with Crippen molar-refractivity contribution in [2.75, 3.05) is 20.8 Å². The largest absolute Gasteiger partial charge is 0.505 e. The molecule has 8 heteroatoms. The Morgan fingerprint density at radius 2 is 1.76 bits per heavy atom. The van der Waals surface area contributed by atoms with Crippen LogP contribution in [0.25, 0.3) is 0 Å². The summed E-state index contributed by atoms with van der Waals surface area (Å²) in [7, 11) is 3.11. The van der Waals surface area contributed by atoms with Crippen LogP contribution in [0.4, 0.5) is 0 Å². The number of nitrogens with one attached hydrogen (secondary N) is 1. The van der Waals surface area contributed by atoms with Crippen LogP contribution in [0.15, 0.2) is 24.3 Å². The number of hydrogen-bond acceptors (Lipinski definition) is 4. The van der Waals surface area contributed by atoms with Gasteiger partial charge in [-0.15, -0.1) is 0 Å². The molecule has 5 nitrogen and oxygen atoms in total. The molecule has 0 aromatic heterocycles. The van der Waals surface area contributed by atoms with Gasteiger partial charge in [0.25, 0.3) is 5.91 Å². The number of ether oxygens (including phenoxy) is 2. The minimum atomic E-state index is -0.563. The van der Waals surface area contributed by atoms with Gasteiger partial charge in [0, 0.05) is 6.54 Å². The summed E-state index contributed by atoms with van der Waals surface area (Å²) >= 11 is 17.7. The Morgan fingerprint density at radius 3 is 2.40 bits per heavy atom. The topological polar surface area (TPSA) is 67.8 Å². The first kappa shape index (κ1) is 19.5. The van der Waals surface area contributed by atoms with Gasteiger partial charge < -0.3 is 19.9 Å². The molecule has 1 amide bonds. The van der Waals surface area contributed by atoms with Gasteiger partial charge in [-0.3, -0.25) is 4.79 Å². The first-order valence-corrected chi connectivity index (χ1v) is 8.38. The molecule has 0 saturated heterocycles. The third-order valence-electron chi connectivity index (χ3n) is 3.52. The third-order valence-corrected chi connectivity index (χ3v) is 4.60. The summed E-state index contributed by atoms with van der Waals surface area (Å²) in [5.74, 6) is 0.265. The predicted octanol–water partition coefficient (Wildman–Crippen LogP) is 4.34. The molecule has 0 bridgehead atoms. The molecular weight excluding hydrogens is 389 g/mol. The normalized spacial score (nSPS) is 10.4. The van der Waals surface area contributed by atoms with Gasteiger partial charge in [0.05, 0.1) is 29.3 Å². The Balaban J connectivity index is 2.07. The summed E-state index contributed by atoms with van der Waals surface area (Å²) in [5, 5.41) is 12.6. The van der Waals surface area contributed by atoms with E-state index in [-0.39, 0.29) is 20.6 Å². The van der Waals surface area contributed by atoms with E-state index in [1.54, 1.807) is 20.3 Å². The highest BCUT2D eigenvalue weighted by Gasteiger charge is 2.20. The lowest BCUT2D eigenvalue weighted by Crippen LogP contribution is -2.26. The van der Waals surface area contributed by atoms with Crippen molar-refractivity contribution in [3.05, 3.63) is 50.5 Å². The summed E-state index contributed by atoms with van der Waals surface area (Å²) in [5.41, 5.74) is 0.795. The molecule has 0 saturated carbocycles. The second-order valence-electron chi connectivity index (χ2n) is 5.07. The molecule has 0 fully saturated rings. The molecule has 2 aromatic carbocycles. The molecule has 2 N–H and O–H groups in total. The molecule has 0 radical (unpaired) electrons. The second kappa shape index (κ2) is 8.52. The number of methoxy groups -OCH3 is 2. The Morgan fingerprint density at radius 1 is 1.08 bits per heavy atom. The van der Waals surface area contributed by atoms with Crippen LogP contribution >= 0.6 is 34.8 Å². The quantitative estimate of drug-likeness (QED) is 0.703. The molecule has 25 heavy (non-hydrogen) atoms. The molecule has 2 aromatic rings. The van der Waals surface area contributed by atoms with Crippen LogP contribution in [-0.4, -0.2) is 31.8 Å². The van der Waals surface area contributed by atoms with Crippen molar-refractivity contribution in [3.8, 4) is 17.2 Å². The van der Waals surface area contributed by atoms with Crippen molar-refractivity contribution < 1.29 is 19.4 Å². The third kappa shape index (κ3) is 4.42. The van der Waals surface area contributed by atoms with E-state index in [9.17, 15) is 9.90 Å². The Labute approximate surface area is 160 Å². The van der Waals surface area contributed by atoms with Crippen LogP contribution in [0.1, 0.15) is 15.9 Å². The van der Waals surface area contributed by atoms with E-state index in [0.29, 0.717) is 24.5 Å². The van der Waals surface area contributed by atoms with E-state index >= 15 is 0 Å². The first-order valence-electron chi connectivity index (χ1n) is 7.24. The van der Waals surface area contributed by atoms with Crippen LogP contribution in [0.3, 0.4) is 0 Å². The maximum absolute atomic E-state index is 12.3. The van der Waals surface area contributed by atoms with Gasteiger partial charge in [-0.1, -0.05) is 40.9 Å². The highest BCUT2D eigenvalue weighted by Crippen LogP contribution is 2.38. The van der Waals surface area contributed by atoms with E-state index in [1.807, 2.05) is 12.1 Å². The molecule has 0 unspecified atom stereocenters. The summed E-state index contributed by atoms with van der Waals surface area (Å²) < 4.78 is 10.4. The SMILES string of the molecule is COc1ccc(CCNC(=O)c2c(O)c(Cl)cc(Cl)c2Cl)cc1OC. The predicted molar refractivity (Wildman–Crippen MR) is 98.7 cm³/mol. The minimum Gasteiger partial charge on any atom is -0.505 e. The summed E-state index contributed by atoms with van der Waals surface area (Å²) in [6, 6.07) is 6.76. The van der Waals surface area contributed by atoms with E-state index in [4.69, 9.17) is 44.3 Å². The van der Waals surface area contributed by atoms with Gasteiger partial charge >= 0.3 is 0 Å². The fourth-order valence-electron chi connectivity index (χ4n) is 2.24. The molecule has 2 rings (SSSR count). The molecule has 0 atom stereocenters. The highest BCUT2D eigenvalue weighted by atomic mass is 35.5. The molecule has 0 spiro atoms. The maximum Gasteiger partial charge on any atom is 0.256 e. The number of phenols is 1. The number of phenolic OH excluding ortho intramolecular Hbond substituents is 1. The smallest absolute Gasteiger partial charge is 0.256 e. The zero-order valence-corrected chi connectivity index (χ0v) is 15.8. The fraction of sp³-hybridized carbons (Fsp3) is 0.235. The van der Waals surface area contributed by atoms with Crippen LogP contribution < -0.4 is 14.8 Å². The fourth-order valence-corrected chi connectivity index (χ4v) is 2.93. The number of hydrogen-bond donors (Lipinski definition) is 2. The standard InChI is InChI=1S/C17H16Cl3NO4/c1-24-12-4-3-9(7-13(12)25-2)5-6-21-17(23)14-15(20)10(18)8-11(19)16(14)22/h3-4,7-8,22H,5-6H2,1-2H3,(H,21,23). The number of carbonyl (C=O) groups excluding carboxylic acids is 1. The lowest BCUT2D eigenvalue weighted by atomic mass is 10.1. The van der Waals surface area contributed by atoms with E-state index in [2.05, 4.69) is 5.32 Å². The lowest BCUT2D eigenvalue weighted by molar-refractivity contribution is 0.0951. The zero-order chi connectivity index (χ0) is 18.6. The summed E-state index contributed by atoms with van der Waals surface area (Å²) in [4.78, 5) is 12.3. The number of amides is 1. The number of carbonyl (C=O) groups is 1. The van der Waals surface area contributed by atoms with Crippen molar-refractivity contribution in [1.29, 1.82) is 0 Å². The second-order valence-corrected chi connectivity index (χ2v) is 6.27. The lowest BCUT2D eigenvalue weighted by Gasteiger charge is -2.12. The molecule has 0 aliphatic heterocycles. The van der Waals surface area contributed by atoms with Gasteiger partial charge in [-0.2, -0.15) is 0 Å². The van der Waals surface area contributed by atoms with Crippen molar-refractivity contribution in [2.24, 2.45) is 0 Å². The monoisotopic (exact) mass is 403 g/mol. The number of benzene rings is 2. The van der Waals surface area contributed by atoms with Crippen molar-refractivity contribution >= 4 is 40.7 Å². The minimum absolute atomic E-state index is 0.0422. The van der Waals surface area contributed by atoms with Gasteiger partial charge in [0.2, 0.25) is 0 Å². The van der Waals surface area contributed by atoms with E-state index < -0.39 is 11.7 Å². The van der Waals surface area contributed by atoms with Crippen LogP contribution in [-0.2, 0) is 6.42 Å².